The largest absolute Gasteiger partial charge is 0.467 e. The Morgan fingerprint density at radius 3 is 2.82 bits per heavy atom. The van der Waals surface area contributed by atoms with Crippen LogP contribution in [-0.4, -0.2) is 34.5 Å². The summed E-state index contributed by atoms with van der Waals surface area (Å²) in [5, 5.41) is 8.03. The van der Waals surface area contributed by atoms with Gasteiger partial charge in [-0.25, -0.2) is 13.1 Å². The van der Waals surface area contributed by atoms with E-state index in [1.54, 1.807) is 48.6 Å². The molecule has 8 nitrogen and oxygen atoms in total. The van der Waals surface area contributed by atoms with Crippen LogP contribution in [0.5, 0.6) is 0 Å². The van der Waals surface area contributed by atoms with Crippen LogP contribution in [0.4, 0.5) is 0 Å². The molecule has 0 aliphatic rings. The first-order valence-electron chi connectivity index (χ1n) is 6.57. The summed E-state index contributed by atoms with van der Waals surface area (Å²) in [4.78, 5) is 0.119. The van der Waals surface area contributed by atoms with Crippen molar-refractivity contribution in [2.24, 2.45) is 7.05 Å². The molecule has 0 amide bonds. The minimum Gasteiger partial charge on any atom is -0.467 e. The highest BCUT2D eigenvalue weighted by Gasteiger charge is 2.22. The van der Waals surface area contributed by atoms with E-state index in [1.807, 2.05) is 0 Å². The summed E-state index contributed by atoms with van der Waals surface area (Å²) < 4.78 is 35.6. The van der Waals surface area contributed by atoms with Crippen molar-refractivity contribution in [1.29, 1.82) is 0 Å². The number of nitrogens with one attached hydrogen (secondary N) is 1. The van der Waals surface area contributed by atoms with Crippen molar-refractivity contribution in [1.82, 2.24) is 24.3 Å². The first-order valence-corrected chi connectivity index (χ1v) is 8.05. The third-order valence-corrected chi connectivity index (χ3v) is 4.55. The molecule has 22 heavy (non-hydrogen) atoms. The Bertz CT molecular complexity index is 787. The van der Waals surface area contributed by atoms with Crippen LogP contribution in [0.2, 0.25) is 0 Å². The molecule has 0 aliphatic heterocycles. The number of aryl methyl sites for hydroxylation is 1. The highest BCUT2D eigenvalue weighted by molar-refractivity contribution is 7.89. The number of hydrogen-bond acceptors (Lipinski definition) is 5. The zero-order chi connectivity index (χ0) is 15.6. The minimum absolute atomic E-state index is 0.117. The maximum atomic E-state index is 12.3. The van der Waals surface area contributed by atoms with E-state index in [2.05, 4.69) is 14.9 Å². The van der Waals surface area contributed by atoms with Crippen LogP contribution in [0.25, 0.3) is 0 Å². The molecule has 0 bridgehead atoms. The van der Waals surface area contributed by atoms with Gasteiger partial charge in [0, 0.05) is 32.2 Å². The molecule has 0 aliphatic carbocycles. The van der Waals surface area contributed by atoms with Crippen LogP contribution in [0, 0.1) is 0 Å². The van der Waals surface area contributed by atoms with E-state index >= 15 is 0 Å². The molecule has 3 rings (SSSR count). The SMILES string of the molecule is Cn1cc(S(=O)(=O)NC[C@@H](c2ccco2)n2cccn2)cn1. The molecule has 0 aromatic carbocycles. The fourth-order valence-corrected chi connectivity index (χ4v) is 3.10. The molecule has 3 heterocycles. The van der Waals surface area contributed by atoms with Gasteiger partial charge in [0.1, 0.15) is 16.7 Å². The number of aromatic nitrogens is 4. The fraction of sp³-hybridized carbons (Fsp3) is 0.231. The lowest BCUT2D eigenvalue weighted by molar-refractivity contribution is 0.402. The van der Waals surface area contributed by atoms with E-state index < -0.39 is 10.0 Å². The molecule has 0 unspecified atom stereocenters. The second kappa shape index (κ2) is 5.78. The molecular formula is C13H15N5O3S. The van der Waals surface area contributed by atoms with Gasteiger partial charge in [0.05, 0.1) is 12.5 Å². The van der Waals surface area contributed by atoms with Gasteiger partial charge in [0.25, 0.3) is 0 Å². The summed E-state index contributed by atoms with van der Waals surface area (Å²) in [6.07, 6.45) is 7.68. The van der Waals surface area contributed by atoms with Gasteiger partial charge in [0.2, 0.25) is 10.0 Å². The molecule has 0 spiro atoms. The molecule has 0 saturated carbocycles. The normalized spacial score (nSPS) is 13.3. The number of hydrogen-bond donors (Lipinski definition) is 1. The number of nitrogens with zero attached hydrogens (tertiary/aromatic N) is 4. The average molecular weight is 321 g/mol. The lowest BCUT2D eigenvalue weighted by Gasteiger charge is -2.15. The van der Waals surface area contributed by atoms with Gasteiger partial charge in [-0.15, -0.1) is 0 Å². The Kier molecular flexibility index (Phi) is 3.82. The predicted molar refractivity (Wildman–Crippen MR) is 77.5 cm³/mol. The van der Waals surface area contributed by atoms with Gasteiger partial charge >= 0.3 is 0 Å². The second-order valence-electron chi connectivity index (χ2n) is 4.72. The molecule has 1 N–H and O–H groups in total. The van der Waals surface area contributed by atoms with Gasteiger partial charge in [-0.1, -0.05) is 0 Å². The smallest absolute Gasteiger partial charge is 0.243 e. The van der Waals surface area contributed by atoms with E-state index in [0.29, 0.717) is 5.76 Å². The van der Waals surface area contributed by atoms with Crippen LogP contribution in [0.15, 0.2) is 58.6 Å². The van der Waals surface area contributed by atoms with Gasteiger partial charge in [0.15, 0.2) is 0 Å². The summed E-state index contributed by atoms with van der Waals surface area (Å²) >= 11 is 0. The first-order chi connectivity index (χ1) is 10.6. The van der Waals surface area contributed by atoms with Crippen LogP contribution in [0.3, 0.4) is 0 Å². The Balaban J connectivity index is 1.80. The summed E-state index contributed by atoms with van der Waals surface area (Å²) in [5.74, 6) is 0.623. The average Bonchev–Trinajstić information content (AvgIpc) is 3.20. The van der Waals surface area contributed by atoms with E-state index in [1.165, 1.54) is 17.1 Å². The van der Waals surface area contributed by atoms with Gasteiger partial charge in [-0.3, -0.25) is 9.36 Å². The van der Waals surface area contributed by atoms with Crippen LogP contribution in [-0.2, 0) is 17.1 Å². The number of rotatable bonds is 6. The third-order valence-electron chi connectivity index (χ3n) is 3.17. The third kappa shape index (κ3) is 2.95. The van der Waals surface area contributed by atoms with E-state index in [0.717, 1.165) is 0 Å². The van der Waals surface area contributed by atoms with Crippen molar-refractivity contribution >= 4 is 10.0 Å². The van der Waals surface area contributed by atoms with Crippen molar-refractivity contribution in [2.45, 2.75) is 10.9 Å². The maximum absolute atomic E-state index is 12.3. The Morgan fingerprint density at radius 2 is 2.23 bits per heavy atom. The van der Waals surface area contributed by atoms with Gasteiger partial charge < -0.3 is 4.42 Å². The Hall–Kier alpha value is -2.39. The Morgan fingerprint density at radius 1 is 1.36 bits per heavy atom. The standard InChI is InChI=1S/C13H15N5O3S/c1-17-10-11(8-15-17)22(19,20)16-9-12(13-4-2-7-21-13)18-6-3-5-14-18/h2-8,10,12,16H,9H2,1H3/t12-/m0/s1. The number of sulfonamides is 1. The van der Waals surface area contributed by atoms with E-state index in [4.69, 9.17) is 4.42 Å². The zero-order valence-corrected chi connectivity index (χ0v) is 12.6. The minimum atomic E-state index is -3.63. The summed E-state index contributed by atoms with van der Waals surface area (Å²) in [5.41, 5.74) is 0. The molecule has 9 heteroatoms. The molecule has 3 aromatic rings. The number of furan rings is 1. The highest BCUT2D eigenvalue weighted by atomic mass is 32.2. The van der Waals surface area contributed by atoms with E-state index in [-0.39, 0.29) is 17.5 Å². The Labute approximate surface area is 127 Å². The highest BCUT2D eigenvalue weighted by Crippen LogP contribution is 2.18. The molecule has 0 radical (unpaired) electrons. The molecule has 116 valence electrons. The van der Waals surface area contributed by atoms with Crippen molar-refractivity contribution in [3.63, 3.8) is 0 Å². The van der Waals surface area contributed by atoms with Crippen molar-refractivity contribution in [2.75, 3.05) is 6.54 Å². The van der Waals surface area contributed by atoms with Crippen molar-refractivity contribution < 1.29 is 12.8 Å². The summed E-state index contributed by atoms with van der Waals surface area (Å²) in [6.45, 7) is 0.117. The van der Waals surface area contributed by atoms with E-state index in [9.17, 15) is 8.42 Å². The predicted octanol–water partition coefficient (Wildman–Crippen LogP) is 0.777. The quantitative estimate of drug-likeness (QED) is 0.724. The summed E-state index contributed by atoms with van der Waals surface area (Å²) in [6, 6.07) is 4.94. The molecule has 3 aromatic heterocycles. The lowest BCUT2D eigenvalue weighted by Crippen LogP contribution is -2.31. The van der Waals surface area contributed by atoms with Crippen LogP contribution < -0.4 is 4.72 Å². The molecular weight excluding hydrogens is 306 g/mol. The topological polar surface area (TPSA) is 95.0 Å². The van der Waals surface area contributed by atoms with Gasteiger partial charge in [-0.05, 0) is 18.2 Å². The zero-order valence-electron chi connectivity index (χ0n) is 11.8. The van der Waals surface area contributed by atoms with Gasteiger partial charge in [-0.2, -0.15) is 10.2 Å². The van der Waals surface area contributed by atoms with Crippen LogP contribution >= 0.6 is 0 Å². The van der Waals surface area contributed by atoms with Crippen molar-refractivity contribution in [3.05, 3.63) is 55.0 Å². The van der Waals surface area contributed by atoms with Crippen molar-refractivity contribution in [3.8, 4) is 0 Å². The monoisotopic (exact) mass is 321 g/mol. The molecule has 0 saturated heterocycles. The molecule has 1 atom stereocenters. The molecule has 0 fully saturated rings. The fourth-order valence-electron chi connectivity index (χ4n) is 2.08. The first kappa shape index (κ1) is 14.5. The lowest BCUT2D eigenvalue weighted by atomic mass is 10.2. The second-order valence-corrected chi connectivity index (χ2v) is 6.49. The van der Waals surface area contributed by atoms with Crippen LogP contribution in [0.1, 0.15) is 11.8 Å². The maximum Gasteiger partial charge on any atom is 0.243 e. The summed E-state index contributed by atoms with van der Waals surface area (Å²) in [7, 11) is -1.97.